The van der Waals surface area contributed by atoms with Crippen molar-refractivity contribution in [1.29, 1.82) is 0 Å². The second kappa shape index (κ2) is 8.04. The topological polar surface area (TPSA) is 71.9 Å². The van der Waals surface area contributed by atoms with Crippen molar-refractivity contribution in [2.24, 2.45) is 0 Å². The van der Waals surface area contributed by atoms with Crippen LogP contribution in [-0.4, -0.2) is 56.1 Å². The minimum Gasteiger partial charge on any atom is -0.476 e. The van der Waals surface area contributed by atoms with Gasteiger partial charge in [-0.05, 0) is 42.2 Å². The van der Waals surface area contributed by atoms with Crippen LogP contribution in [0.5, 0.6) is 0 Å². The van der Waals surface area contributed by atoms with Gasteiger partial charge in [0, 0.05) is 38.8 Å². The van der Waals surface area contributed by atoms with Crippen molar-refractivity contribution in [2.45, 2.75) is 38.2 Å². The molecule has 0 amide bonds. The van der Waals surface area contributed by atoms with Gasteiger partial charge in [-0.1, -0.05) is 19.6 Å². The molecule has 0 saturated carbocycles. The molecule has 0 spiro atoms. The Hall–Kier alpha value is -1.48. The molecule has 26 heavy (non-hydrogen) atoms. The summed E-state index contributed by atoms with van der Waals surface area (Å²) in [7, 11) is -1.06. The van der Waals surface area contributed by atoms with E-state index in [1.165, 1.54) is 11.5 Å². The molecular formula is C18H26N2O4SSi. The average molecular weight is 395 g/mol. The van der Waals surface area contributed by atoms with E-state index in [0.717, 1.165) is 42.5 Å². The number of ether oxygens (including phenoxy) is 2. The van der Waals surface area contributed by atoms with Gasteiger partial charge in [0.15, 0.2) is 5.69 Å². The van der Waals surface area contributed by atoms with Crippen molar-refractivity contribution in [3.63, 3.8) is 0 Å². The highest BCUT2D eigenvalue weighted by Gasteiger charge is 2.24. The average Bonchev–Trinajstić information content (AvgIpc) is 3.19. The Labute approximate surface area is 158 Å². The number of carboxylic acids is 1. The normalized spacial score (nSPS) is 18.0. The summed E-state index contributed by atoms with van der Waals surface area (Å²) in [5.74, 6) is -0.980. The van der Waals surface area contributed by atoms with Crippen molar-refractivity contribution in [2.75, 3.05) is 31.4 Å². The highest BCUT2D eigenvalue weighted by atomic mass is 32.1. The molecule has 0 aliphatic carbocycles. The molecule has 3 rings (SSSR count). The molecule has 1 saturated heterocycles. The van der Waals surface area contributed by atoms with E-state index in [9.17, 15) is 9.90 Å². The number of carboxylic acid groups (broad SMARTS) is 1. The second-order valence-electron chi connectivity index (χ2n) is 7.88. The lowest BCUT2D eigenvalue weighted by molar-refractivity contribution is -0.0791. The van der Waals surface area contributed by atoms with Crippen LogP contribution in [0, 0.1) is 0 Å². The van der Waals surface area contributed by atoms with Crippen molar-refractivity contribution in [3.05, 3.63) is 23.9 Å². The lowest BCUT2D eigenvalue weighted by atomic mass is 10.2. The summed E-state index contributed by atoms with van der Waals surface area (Å²) in [5, 5.41) is 9.97. The van der Waals surface area contributed by atoms with Crippen molar-refractivity contribution in [3.8, 4) is 0 Å². The van der Waals surface area contributed by atoms with E-state index < -0.39 is 14.0 Å². The monoisotopic (exact) mass is 394 g/mol. The molecule has 1 aromatic heterocycles. The Morgan fingerprint density at radius 1 is 1.42 bits per heavy atom. The number of fused-ring (bicyclic) bond motifs is 1. The zero-order valence-corrected chi connectivity index (χ0v) is 17.3. The van der Waals surface area contributed by atoms with E-state index in [0.29, 0.717) is 12.2 Å². The highest BCUT2D eigenvalue weighted by Crippen LogP contribution is 2.30. The van der Waals surface area contributed by atoms with E-state index in [2.05, 4.69) is 28.9 Å². The number of carbonyl (C=O) groups is 1. The van der Waals surface area contributed by atoms with Crippen LogP contribution in [0.1, 0.15) is 16.9 Å². The van der Waals surface area contributed by atoms with Crippen LogP contribution in [-0.2, 0) is 9.47 Å². The minimum atomic E-state index is -1.06. The quantitative estimate of drug-likeness (QED) is 0.416. The maximum atomic E-state index is 11.3. The van der Waals surface area contributed by atoms with Crippen LogP contribution in [0.2, 0.25) is 25.7 Å². The second-order valence-corrected chi connectivity index (χ2v) is 14.3. The largest absolute Gasteiger partial charge is 0.476 e. The van der Waals surface area contributed by atoms with Crippen LogP contribution in [0.25, 0.3) is 10.1 Å². The van der Waals surface area contributed by atoms with Gasteiger partial charge in [-0.25, -0.2) is 4.79 Å². The van der Waals surface area contributed by atoms with E-state index in [1.807, 2.05) is 18.2 Å². The fraction of sp³-hybridized carbons (Fsp3) is 0.556. The van der Waals surface area contributed by atoms with Crippen LogP contribution in [0.3, 0.4) is 0 Å². The maximum absolute atomic E-state index is 11.3. The Morgan fingerprint density at radius 3 is 2.96 bits per heavy atom. The molecule has 8 heteroatoms. The molecule has 0 bridgehead atoms. The molecule has 2 heterocycles. The third-order valence-corrected chi connectivity index (χ3v) is 7.08. The van der Waals surface area contributed by atoms with Crippen molar-refractivity contribution < 1.29 is 19.4 Å². The molecule has 1 fully saturated rings. The van der Waals surface area contributed by atoms with Crippen LogP contribution in [0.15, 0.2) is 18.2 Å². The summed E-state index contributed by atoms with van der Waals surface area (Å²) < 4.78 is 16.4. The molecule has 142 valence electrons. The standard InChI is InChI=1S/C18H26N2O4SSi/c1-26(2,3)9-8-23-12-24-14-6-7-20(11-14)13-4-5-16-15(10-13)17(18(21)22)19-25-16/h4-5,10,14H,6-9,11-12H2,1-3H3,(H,21,22)/t14-/m0/s1. The first-order chi connectivity index (χ1) is 12.3. The smallest absolute Gasteiger partial charge is 0.356 e. The lowest BCUT2D eigenvalue weighted by Gasteiger charge is -2.19. The zero-order valence-electron chi connectivity index (χ0n) is 15.5. The van der Waals surface area contributed by atoms with Gasteiger partial charge >= 0.3 is 5.97 Å². The lowest BCUT2D eigenvalue weighted by Crippen LogP contribution is -2.25. The van der Waals surface area contributed by atoms with Gasteiger partial charge in [-0.2, -0.15) is 4.37 Å². The molecule has 1 atom stereocenters. The predicted octanol–water partition coefficient (Wildman–Crippen LogP) is 3.90. The molecule has 6 nitrogen and oxygen atoms in total. The van der Waals surface area contributed by atoms with Crippen LogP contribution < -0.4 is 4.90 Å². The van der Waals surface area contributed by atoms with E-state index in [4.69, 9.17) is 9.47 Å². The number of hydrogen-bond acceptors (Lipinski definition) is 6. The fourth-order valence-corrected chi connectivity index (χ4v) is 4.46. The number of aromatic nitrogens is 1. The summed E-state index contributed by atoms with van der Waals surface area (Å²) >= 11 is 1.22. The number of rotatable bonds is 8. The van der Waals surface area contributed by atoms with Gasteiger partial charge in [0.1, 0.15) is 6.79 Å². The Morgan fingerprint density at radius 2 is 2.23 bits per heavy atom. The first-order valence-electron chi connectivity index (χ1n) is 8.90. The van der Waals surface area contributed by atoms with Gasteiger partial charge in [0.2, 0.25) is 0 Å². The van der Waals surface area contributed by atoms with Gasteiger partial charge < -0.3 is 19.5 Å². The minimum absolute atomic E-state index is 0.134. The van der Waals surface area contributed by atoms with Crippen LogP contribution >= 0.6 is 11.5 Å². The zero-order chi connectivity index (χ0) is 18.7. The molecular weight excluding hydrogens is 368 g/mol. The summed E-state index contributed by atoms with van der Waals surface area (Å²) in [4.78, 5) is 13.5. The Balaban J connectivity index is 1.53. The molecule has 0 unspecified atom stereocenters. The fourth-order valence-electron chi connectivity index (χ4n) is 2.96. The highest BCUT2D eigenvalue weighted by molar-refractivity contribution is 7.13. The van der Waals surface area contributed by atoms with Crippen LogP contribution in [0.4, 0.5) is 5.69 Å². The first kappa shape index (κ1) is 19.3. The summed E-state index contributed by atoms with van der Waals surface area (Å²) in [6, 6.07) is 7.05. The van der Waals surface area contributed by atoms with Gasteiger partial charge in [-0.3, -0.25) is 0 Å². The summed E-state index contributed by atoms with van der Waals surface area (Å²) in [5.41, 5.74) is 1.15. The molecule has 1 aliphatic heterocycles. The van der Waals surface area contributed by atoms with E-state index in [1.54, 1.807) is 0 Å². The SMILES string of the molecule is C[Si](C)(C)CCOCO[C@H]1CCN(c2ccc3snc(C(=O)O)c3c2)C1. The van der Waals surface area contributed by atoms with Crippen molar-refractivity contribution >= 4 is 41.3 Å². The number of nitrogens with zero attached hydrogens (tertiary/aromatic N) is 2. The first-order valence-corrected chi connectivity index (χ1v) is 13.4. The van der Waals surface area contributed by atoms with E-state index in [-0.39, 0.29) is 11.8 Å². The molecule has 1 aromatic carbocycles. The third-order valence-electron chi connectivity index (χ3n) is 4.55. The summed E-state index contributed by atoms with van der Waals surface area (Å²) in [6.45, 7) is 9.81. The third kappa shape index (κ3) is 4.82. The molecule has 2 aromatic rings. The number of benzene rings is 1. The number of anilines is 1. The molecule has 0 radical (unpaired) electrons. The van der Waals surface area contributed by atoms with Crippen molar-refractivity contribution in [1.82, 2.24) is 4.37 Å². The predicted molar refractivity (Wildman–Crippen MR) is 107 cm³/mol. The summed E-state index contributed by atoms with van der Waals surface area (Å²) in [6.07, 6.45) is 1.10. The van der Waals surface area contributed by atoms with E-state index >= 15 is 0 Å². The van der Waals surface area contributed by atoms with Gasteiger partial charge in [-0.15, -0.1) is 0 Å². The van der Waals surface area contributed by atoms with Gasteiger partial charge in [0.25, 0.3) is 0 Å². The Kier molecular flexibility index (Phi) is 5.96. The maximum Gasteiger partial charge on any atom is 0.356 e. The Bertz CT molecular complexity index is 774. The number of hydrogen-bond donors (Lipinski definition) is 1. The number of aromatic carboxylic acids is 1. The van der Waals surface area contributed by atoms with Gasteiger partial charge in [0.05, 0.1) is 10.8 Å². The molecule has 1 N–H and O–H groups in total. The molecule has 1 aliphatic rings.